The smallest absolute Gasteiger partial charge is 0.298 e. The van der Waals surface area contributed by atoms with Crippen LogP contribution >= 0.6 is 0 Å². The lowest BCUT2D eigenvalue weighted by Gasteiger charge is -2.14. The van der Waals surface area contributed by atoms with E-state index in [-0.39, 0.29) is 5.97 Å². The van der Waals surface area contributed by atoms with Crippen LogP contribution in [0.2, 0.25) is 0 Å². The fraction of sp³-hybridized carbons (Fsp3) is 0.900. The molecule has 78 valence electrons. The van der Waals surface area contributed by atoms with Gasteiger partial charge in [0.05, 0.1) is 12.0 Å². The Morgan fingerprint density at radius 2 is 1.85 bits per heavy atom. The predicted octanol–water partition coefficient (Wildman–Crippen LogP) is 2.70. The first-order chi connectivity index (χ1) is 5.98. The summed E-state index contributed by atoms with van der Waals surface area (Å²) < 4.78 is 0. The van der Waals surface area contributed by atoms with Crippen molar-refractivity contribution in [2.75, 3.05) is 6.61 Å². The lowest BCUT2D eigenvalue weighted by atomic mass is 9.98. The summed E-state index contributed by atoms with van der Waals surface area (Å²) in [5, 5.41) is 0. The predicted molar refractivity (Wildman–Crippen MR) is 51.0 cm³/mol. The Morgan fingerprint density at radius 3 is 2.31 bits per heavy atom. The van der Waals surface area contributed by atoms with Crippen molar-refractivity contribution in [1.82, 2.24) is 0 Å². The van der Waals surface area contributed by atoms with E-state index in [1.165, 1.54) is 0 Å². The van der Waals surface area contributed by atoms with E-state index < -0.39 is 5.41 Å². The van der Waals surface area contributed by atoms with Gasteiger partial charge in [-0.3, -0.25) is 4.89 Å². The van der Waals surface area contributed by atoms with Gasteiger partial charge in [-0.15, -0.1) is 0 Å². The van der Waals surface area contributed by atoms with Crippen LogP contribution in [0.3, 0.4) is 0 Å². The number of carbonyl (C=O) groups excluding carboxylic acids is 1. The molecule has 0 aliphatic rings. The van der Waals surface area contributed by atoms with E-state index in [1.807, 2.05) is 0 Å². The van der Waals surface area contributed by atoms with Crippen LogP contribution in [0.4, 0.5) is 0 Å². The molecule has 0 fully saturated rings. The molecule has 0 saturated carbocycles. The lowest BCUT2D eigenvalue weighted by Crippen LogP contribution is -2.23. The summed E-state index contributed by atoms with van der Waals surface area (Å²) in [5.74, 6) is -0.316. The third-order valence-electron chi connectivity index (χ3n) is 1.58. The molecule has 0 rings (SSSR count). The fourth-order valence-corrected chi connectivity index (χ4v) is 0.631. The van der Waals surface area contributed by atoms with Crippen molar-refractivity contribution in [3.8, 4) is 0 Å². The zero-order chi connectivity index (χ0) is 10.3. The topological polar surface area (TPSA) is 35.5 Å². The van der Waals surface area contributed by atoms with Gasteiger partial charge in [-0.2, -0.15) is 4.89 Å². The van der Waals surface area contributed by atoms with Crippen LogP contribution in [0.25, 0.3) is 0 Å². The Balaban J connectivity index is 3.38. The largest absolute Gasteiger partial charge is 0.347 e. The molecule has 0 bridgehead atoms. The Kier molecular flexibility index (Phi) is 5.71. The van der Waals surface area contributed by atoms with E-state index in [1.54, 1.807) is 20.8 Å². The molecular formula is C10H20O3. The highest BCUT2D eigenvalue weighted by molar-refractivity contribution is 5.74. The number of hydrogen-bond donors (Lipinski definition) is 0. The van der Waals surface area contributed by atoms with Gasteiger partial charge in [0.25, 0.3) is 0 Å². The second kappa shape index (κ2) is 5.97. The molecule has 0 saturated heterocycles. The second-order valence-electron chi connectivity index (χ2n) is 4.15. The minimum atomic E-state index is -0.481. The summed E-state index contributed by atoms with van der Waals surface area (Å²) in [7, 11) is 0. The molecule has 0 amide bonds. The molecule has 0 unspecified atom stereocenters. The summed E-state index contributed by atoms with van der Waals surface area (Å²) in [6.45, 7) is 8.00. The first-order valence-electron chi connectivity index (χ1n) is 4.82. The van der Waals surface area contributed by atoms with Crippen molar-refractivity contribution in [2.45, 2.75) is 47.0 Å². The fourth-order valence-electron chi connectivity index (χ4n) is 0.631. The maximum Gasteiger partial charge on any atom is 0.347 e. The first kappa shape index (κ1) is 12.4. The number of unbranched alkanes of at least 4 members (excludes halogenated alkanes) is 2. The standard InChI is InChI=1S/C10H20O3/c1-5-6-7-8-12-13-9(11)10(2,3)4/h5-8H2,1-4H3. The molecule has 13 heavy (non-hydrogen) atoms. The normalized spacial score (nSPS) is 11.4. The number of rotatable bonds is 5. The average molecular weight is 188 g/mol. The van der Waals surface area contributed by atoms with Gasteiger partial charge in [0, 0.05) is 0 Å². The summed E-state index contributed by atoms with van der Waals surface area (Å²) in [4.78, 5) is 20.5. The molecule has 0 aromatic rings. The van der Waals surface area contributed by atoms with Crippen molar-refractivity contribution < 1.29 is 14.6 Å². The second-order valence-corrected chi connectivity index (χ2v) is 4.15. The van der Waals surface area contributed by atoms with Gasteiger partial charge < -0.3 is 0 Å². The maximum absolute atomic E-state index is 11.2. The zero-order valence-electron chi connectivity index (χ0n) is 9.05. The molecule has 0 aliphatic heterocycles. The Bertz CT molecular complexity index is 147. The van der Waals surface area contributed by atoms with E-state index in [0.29, 0.717) is 6.61 Å². The van der Waals surface area contributed by atoms with Crippen molar-refractivity contribution in [2.24, 2.45) is 5.41 Å². The molecule has 0 spiro atoms. The van der Waals surface area contributed by atoms with Crippen LogP contribution in [0, 0.1) is 5.41 Å². The highest BCUT2D eigenvalue weighted by Crippen LogP contribution is 2.15. The van der Waals surface area contributed by atoms with Gasteiger partial charge in [0.2, 0.25) is 0 Å². The van der Waals surface area contributed by atoms with E-state index in [0.717, 1.165) is 19.3 Å². The van der Waals surface area contributed by atoms with Gasteiger partial charge in [-0.05, 0) is 27.2 Å². The van der Waals surface area contributed by atoms with Crippen LogP contribution in [0.5, 0.6) is 0 Å². The molecule has 0 N–H and O–H groups in total. The van der Waals surface area contributed by atoms with Crippen LogP contribution in [-0.2, 0) is 14.6 Å². The first-order valence-corrected chi connectivity index (χ1v) is 4.82. The highest BCUT2D eigenvalue weighted by atomic mass is 17.2. The summed E-state index contributed by atoms with van der Waals surface area (Å²) in [6, 6.07) is 0. The average Bonchev–Trinajstić information content (AvgIpc) is 2.02. The SMILES string of the molecule is CCCCCOOC(=O)C(C)(C)C. The van der Waals surface area contributed by atoms with Crippen LogP contribution < -0.4 is 0 Å². The molecular weight excluding hydrogens is 168 g/mol. The molecule has 0 radical (unpaired) electrons. The summed E-state index contributed by atoms with van der Waals surface area (Å²) in [6.07, 6.45) is 3.18. The van der Waals surface area contributed by atoms with Gasteiger partial charge in [-0.25, -0.2) is 4.79 Å². The van der Waals surface area contributed by atoms with Gasteiger partial charge >= 0.3 is 5.97 Å². The van der Waals surface area contributed by atoms with Crippen LogP contribution in [0.15, 0.2) is 0 Å². The van der Waals surface area contributed by atoms with E-state index in [2.05, 4.69) is 11.8 Å². The molecule has 0 aromatic heterocycles. The molecule has 0 aliphatic carbocycles. The monoisotopic (exact) mass is 188 g/mol. The zero-order valence-corrected chi connectivity index (χ0v) is 9.05. The lowest BCUT2D eigenvalue weighted by molar-refractivity contribution is -0.279. The van der Waals surface area contributed by atoms with E-state index >= 15 is 0 Å². The van der Waals surface area contributed by atoms with Crippen molar-refractivity contribution in [3.05, 3.63) is 0 Å². The van der Waals surface area contributed by atoms with E-state index in [4.69, 9.17) is 4.89 Å². The van der Waals surface area contributed by atoms with Crippen LogP contribution in [0.1, 0.15) is 47.0 Å². The minimum absolute atomic E-state index is 0.316. The van der Waals surface area contributed by atoms with Gasteiger partial charge in [0.15, 0.2) is 0 Å². The minimum Gasteiger partial charge on any atom is -0.298 e. The number of hydrogen-bond acceptors (Lipinski definition) is 3. The highest BCUT2D eigenvalue weighted by Gasteiger charge is 2.24. The molecule has 0 atom stereocenters. The summed E-state index contributed by atoms with van der Waals surface area (Å²) in [5.41, 5.74) is -0.481. The third kappa shape index (κ3) is 6.58. The molecule has 0 aromatic carbocycles. The van der Waals surface area contributed by atoms with Crippen LogP contribution in [-0.4, -0.2) is 12.6 Å². The molecule has 3 heteroatoms. The van der Waals surface area contributed by atoms with Crippen molar-refractivity contribution in [3.63, 3.8) is 0 Å². The maximum atomic E-state index is 11.2. The quantitative estimate of drug-likeness (QED) is 0.378. The third-order valence-corrected chi connectivity index (χ3v) is 1.58. The van der Waals surface area contributed by atoms with Crippen molar-refractivity contribution in [1.29, 1.82) is 0 Å². The Labute approximate surface area is 80.3 Å². The molecule has 3 nitrogen and oxygen atoms in total. The van der Waals surface area contributed by atoms with Crippen molar-refractivity contribution >= 4 is 5.97 Å². The van der Waals surface area contributed by atoms with Gasteiger partial charge in [-0.1, -0.05) is 19.8 Å². The Hall–Kier alpha value is -0.570. The van der Waals surface area contributed by atoms with Gasteiger partial charge in [0.1, 0.15) is 0 Å². The van der Waals surface area contributed by atoms with E-state index in [9.17, 15) is 4.79 Å². The Morgan fingerprint density at radius 1 is 1.23 bits per heavy atom. The summed E-state index contributed by atoms with van der Waals surface area (Å²) >= 11 is 0. The number of carbonyl (C=O) groups is 1. The molecule has 0 heterocycles.